The number of piperidine rings is 1. The summed E-state index contributed by atoms with van der Waals surface area (Å²) in [7, 11) is 2.21. The number of hydrogen-bond acceptors (Lipinski definition) is 3. The lowest BCUT2D eigenvalue weighted by Crippen LogP contribution is -2.39. The Balaban J connectivity index is 1.62. The topological polar surface area (TPSA) is 18.5 Å². The number of likely N-dealkylation sites (tertiary alicyclic amines) is 2. The SMILES string of the molecule is C=C(NCCC1CCCN1C)N1CCC(F)CC1. The van der Waals surface area contributed by atoms with E-state index in [4.69, 9.17) is 0 Å². The van der Waals surface area contributed by atoms with Gasteiger partial charge in [0.2, 0.25) is 0 Å². The molecular formula is C14H26FN3. The van der Waals surface area contributed by atoms with Crippen molar-refractivity contribution in [1.82, 2.24) is 15.1 Å². The van der Waals surface area contributed by atoms with Crippen molar-refractivity contribution in [2.75, 3.05) is 33.2 Å². The molecule has 0 aliphatic carbocycles. The normalized spacial score (nSPS) is 26.6. The summed E-state index contributed by atoms with van der Waals surface area (Å²) in [6.45, 7) is 7.88. The molecule has 0 aromatic heterocycles. The number of halogens is 1. The maximum Gasteiger partial charge on any atom is 0.103 e. The third kappa shape index (κ3) is 3.61. The second-order valence-corrected chi connectivity index (χ2v) is 5.60. The Morgan fingerprint density at radius 3 is 2.61 bits per heavy atom. The fraction of sp³-hybridized carbons (Fsp3) is 0.857. The Labute approximate surface area is 110 Å². The molecule has 1 atom stereocenters. The minimum atomic E-state index is -0.610. The summed E-state index contributed by atoms with van der Waals surface area (Å²) in [6, 6.07) is 0.724. The number of hydrogen-bond donors (Lipinski definition) is 1. The molecule has 1 unspecified atom stereocenters. The van der Waals surface area contributed by atoms with Gasteiger partial charge in [-0.15, -0.1) is 0 Å². The summed E-state index contributed by atoms with van der Waals surface area (Å²) < 4.78 is 13.0. The summed E-state index contributed by atoms with van der Waals surface area (Å²) in [5, 5.41) is 3.40. The lowest BCUT2D eigenvalue weighted by Gasteiger charge is -2.32. The zero-order chi connectivity index (χ0) is 13.0. The average Bonchev–Trinajstić information content (AvgIpc) is 2.76. The molecule has 4 heteroatoms. The highest BCUT2D eigenvalue weighted by Gasteiger charge is 2.21. The smallest absolute Gasteiger partial charge is 0.103 e. The van der Waals surface area contributed by atoms with E-state index in [-0.39, 0.29) is 0 Å². The van der Waals surface area contributed by atoms with Crippen molar-refractivity contribution in [2.45, 2.75) is 44.3 Å². The van der Waals surface area contributed by atoms with Gasteiger partial charge in [0.15, 0.2) is 0 Å². The lowest BCUT2D eigenvalue weighted by molar-refractivity contribution is 0.172. The largest absolute Gasteiger partial charge is 0.372 e. The summed E-state index contributed by atoms with van der Waals surface area (Å²) in [5.74, 6) is 0.975. The molecule has 2 saturated heterocycles. The van der Waals surface area contributed by atoms with Crippen LogP contribution in [0.1, 0.15) is 32.1 Å². The van der Waals surface area contributed by atoms with Crippen molar-refractivity contribution < 1.29 is 4.39 Å². The molecule has 0 spiro atoms. The van der Waals surface area contributed by atoms with Crippen LogP contribution in [0.4, 0.5) is 4.39 Å². The quantitative estimate of drug-likeness (QED) is 0.810. The van der Waals surface area contributed by atoms with E-state index in [1.54, 1.807) is 0 Å². The molecule has 104 valence electrons. The van der Waals surface area contributed by atoms with Crippen molar-refractivity contribution in [3.63, 3.8) is 0 Å². The molecule has 0 aromatic carbocycles. The summed E-state index contributed by atoms with van der Waals surface area (Å²) in [4.78, 5) is 4.62. The predicted octanol–water partition coefficient (Wildman–Crippen LogP) is 1.97. The monoisotopic (exact) mass is 255 g/mol. The first-order valence-electron chi connectivity index (χ1n) is 7.19. The minimum Gasteiger partial charge on any atom is -0.372 e. The van der Waals surface area contributed by atoms with Crippen LogP contribution in [0.3, 0.4) is 0 Å². The van der Waals surface area contributed by atoms with E-state index in [0.717, 1.165) is 31.5 Å². The molecule has 0 radical (unpaired) electrons. The average molecular weight is 255 g/mol. The molecule has 2 aliphatic heterocycles. The van der Waals surface area contributed by atoms with Crippen molar-refractivity contribution in [2.24, 2.45) is 0 Å². The van der Waals surface area contributed by atoms with E-state index in [1.807, 2.05) is 0 Å². The summed E-state index contributed by atoms with van der Waals surface area (Å²) in [6.07, 6.45) is 4.50. The lowest BCUT2D eigenvalue weighted by atomic mass is 10.1. The highest BCUT2D eigenvalue weighted by Crippen LogP contribution is 2.18. The highest BCUT2D eigenvalue weighted by molar-refractivity contribution is 4.94. The van der Waals surface area contributed by atoms with Gasteiger partial charge in [0.1, 0.15) is 6.17 Å². The Kier molecular flexibility index (Phi) is 4.87. The predicted molar refractivity (Wildman–Crippen MR) is 73.1 cm³/mol. The number of alkyl halides is 1. The third-order valence-corrected chi connectivity index (χ3v) is 4.28. The molecule has 1 N–H and O–H groups in total. The van der Waals surface area contributed by atoms with Gasteiger partial charge in [-0.05, 0) is 45.7 Å². The van der Waals surface area contributed by atoms with Crippen LogP contribution in [0.2, 0.25) is 0 Å². The van der Waals surface area contributed by atoms with E-state index in [9.17, 15) is 4.39 Å². The van der Waals surface area contributed by atoms with E-state index >= 15 is 0 Å². The van der Waals surface area contributed by atoms with Crippen molar-refractivity contribution in [1.29, 1.82) is 0 Å². The second-order valence-electron chi connectivity index (χ2n) is 5.60. The van der Waals surface area contributed by atoms with Crippen LogP contribution in [0.25, 0.3) is 0 Å². The van der Waals surface area contributed by atoms with E-state index < -0.39 is 6.17 Å². The molecular weight excluding hydrogens is 229 g/mol. The van der Waals surface area contributed by atoms with Gasteiger partial charge in [-0.1, -0.05) is 6.58 Å². The second kappa shape index (κ2) is 6.41. The highest BCUT2D eigenvalue weighted by atomic mass is 19.1. The van der Waals surface area contributed by atoms with E-state index in [1.165, 1.54) is 25.8 Å². The Bertz CT molecular complexity index is 274. The van der Waals surface area contributed by atoms with Gasteiger partial charge in [0.05, 0.1) is 5.82 Å². The van der Waals surface area contributed by atoms with Crippen molar-refractivity contribution in [3.05, 3.63) is 12.4 Å². The molecule has 0 amide bonds. The van der Waals surface area contributed by atoms with Gasteiger partial charge >= 0.3 is 0 Å². The van der Waals surface area contributed by atoms with Gasteiger partial charge < -0.3 is 15.1 Å². The fourth-order valence-corrected chi connectivity index (χ4v) is 2.96. The Morgan fingerprint density at radius 2 is 2.00 bits per heavy atom. The Hall–Kier alpha value is -0.770. The molecule has 2 rings (SSSR count). The standard InChI is InChI=1S/C14H26FN3/c1-12(18-10-6-13(15)7-11-18)16-8-5-14-4-3-9-17(14)2/h13-14,16H,1,3-11H2,2H3. The molecule has 2 heterocycles. The maximum absolute atomic E-state index is 13.0. The molecule has 18 heavy (non-hydrogen) atoms. The molecule has 2 aliphatic rings. The van der Waals surface area contributed by atoms with E-state index in [0.29, 0.717) is 12.8 Å². The number of nitrogens with one attached hydrogen (secondary N) is 1. The van der Waals surface area contributed by atoms with Crippen molar-refractivity contribution in [3.8, 4) is 0 Å². The van der Waals surface area contributed by atoms with E-state index in [2.05, 4.69) is 28.7 Å². The summed E-state index contributed by atoms with van der Waals surface area (Å²) in [5.41, 5.74) is 0. The molecule has 3 nitrogen and oxygen atoms in total. The van der Waals surface area contributed by atoms with Crippen LogP contribution >= 0.6 is 0 Å². The number of rotatable bonds is 5. The molecule has 0 aromatic rings. The fourth-order valence-electron chi connectivity index (χ4n) is 2.96. The maximum atomic E-state index is 13.0. The zero-order valence-electron chi connectivity index (χ0n) is 11.5. The first-order chi connectivity index (χ1) is 8.66. The van der Waals surface area contributed by atoms with Crippen LogP contribution in [-0.2, 0) is 0 Å². The molecule has 0 bridgehead atoms. The first kappa shape index (κ1) is 13.7. The minimum absolute atomic E-state index is 0.610. The van der Waals surface area contributed by atoms with Crippen LogP contribution in [0, 0.1) is 0 Å². The van der Waals surface area contributed by atoms with Crippen LogP contribution in [0.15, 0.2) is 12.4 Å². The van der Waals surface area contributed by atoms with Gasteiger partial charge in [0.25, 0.3) is 0 Å². The summed E-state index contributed by atoms with van der Waals surface area (Å²) >= 11 is 0. The van der Waals surface area contributed by atoms with Crippen LogP contribution < -0.4 is 5.32 Å². The molecule has 0 saturated carbocycles. The van der Waals surface area contributed by atoms with Gasteiger partial charge in [0, 0.05) is 25.7 Å². The first-order valence-corrected chi connectivity index (χ1v) is 7.19. The number of nitrogens with zero attached hydrogens (tertiary/aromatic N) is 2. The van der Waals surface area contributed by atoms with Crippen LogP contribution in [0.5, 0.6) is 0 Å². The van der Waals surface area contributed by atoms with Crippen molar-refractivity contribution >= 4 is 0 Å². The van der Waals surface area contributed by atoms with Crippen LogP contribution in [-0.4, -0.2) is 55.2 Å². The molecule has 2 fully saturated rings. The third-order valence-electron chi connectivity index (χ3n) is 4.28. The van der Waals surface area contributed by atoms with Gasteiger partial charge in [-0.25, -0.2) is 4.39 Å². The van der Waals surface area contributed by atoms with Gasteiger partial charge in [-0.2, -0.15) is 0 Å². The Morgan fingerprint density at radius 1 is 1.28 bits per heavy atom. The zero-order valence-corrected chi connectivity index (χ0v) is 11.5. The van der Waals surface area contributed by atoms with Gasteiger partial charge in [-0.3, -0.25) is 0 Å².